The second kappa shape index (κ2) is 10.0. The van der Waals surface area contributed by atoms with E-state index < -0.39 is 0 Å². The number of amides is 2. The fraction of sp³-hybridized carbons (Fsp3) is 0.269. The molecule has 1 aromatic heterocycles. The average molecular weight is 458 g/mol. The van der Waals surface area contributed by atoms with Gasteiger partial charge in [0.15, 0.2) is 0 Å². The van der Waals surface area contributed by atoms with Crippen LogP contribution in [-0.4, -0.2) is 60.0 Å². The molecule has 3 aromatic rings. The van der Waals surface area contributed by atoms with Gasteiger partial charge >= 0.3 is 6.03 Å². The van der Waals surface area contributed by atoms with Crippen molar-refractivity contribution in [2.75, 3.05) is 25.1 Å². The summed E-state index contributed by atoms with van der Waals surface area (Å²) in [5.74, 6) is 0.516. The number of nitrogens with one attached hydrogen (secondary N) is 3. The fourth-order valence-corrected chi connectivity index (χ4v) is 4.35. The van der Waals surface area contributed by atoms with Crippen LogP contribution in [0.4, 0.5) is 10.7 Å². The van der Waals surface area contributed by atoms with E-state index in [-0.39, 0.29) is 30.3 Å². The standard InChI is InChI=1S/C26H27N5O3/c1-2-13-28-26(32)31-22-16-34-23-21(15-33-24(22)23)30-25-27-14-12-20(29-25)19-10-8-18(9-11-19)17-6-4-3-5-7-17/h2-12,14,21-24H,1,13,15-16H2,(H,27,29,30)(H2,28,31,32)/t21-,22-,23+,24+/m0/s1. The molecular formula is C26H27N5O3. The molecule has 2 aliphatic rings. The zero-order valence-corrected chi connectivity index (χ0v) is 18.7. The SMILES string of the molecule is C=CCNC(=O)N[C@H]1CO[C@H]2[C@@H]1OC[C@@H]2Nc1nccc(-c2ccc(-c3ccccc3)cc2)n1. The minimum absolute atomic E-state index is 0.108. The molecule has 0 saturated carbocycles. The topological polar surface area (TPSA) is 97.4 Å². The number of ether oxygens (including phenoxy) is 2. The van der Waals surface area contributed by atoms with E-state index in [1.54, 1.807) is 12.3 Å². The van der Waals surface area contributed by atoms with Crippen molar-refractivity contribution in [1.29, 1.82) is 0 Å². The number of anilines is 1. The van der Waals surface area contributed by atoms with Gasteiger partial charge in [-0.2, -0.15) is 0 Å². The molecule has 4 atom stereocenters. The Morgan fingerprint density at radius 3 is 2.38 bits per heavy atom. The van der Waals surface area contributed by atoms with E-state index >= 15 is 0 Å². The number of urea groups is 1. The summed E-state index contributed by atoms with van der Waals surface area (Å²) in [5.41, 5.74) is 4.18. The molecule has 0 aliphatic carbocycles. The Bertz CT molecular complexity index is 1140. The van der Waals surface area contributed by atoms with E-state index in [9.17, 15) is 4.79 Å². The van der Waals surface area contributed by atoms with Crippen LogP contribution in [0.5, 0.6) is 0 Å². The van der Waals surface area contributed by atoms with Crippen LogP contribution in [0.3, 0.4) is 0 Å². The van der Waals surface area contributed by atoms with Crippen molar-refractivity contribution in [2.24, 2.45) is 0 Å². The quantitative estimate of drug-likeness (QED) is 0.472. The Kier molecular flexibility index (Phi) is 6.51. The van der Waals surface area contributed by atoms with Crippen molar-refractivity contribution >= 4 is 12.0 Å². The maximum atomic E-state index is 12.0. The van der Waals surface area contributed by atoms with Gasteiger partial charge in [-0.15, -0.1) is 6.58 Å². The highest BCUT2D eigenvalue weighted by atomic mass is 16.6. The molecular weight excluding hydrogens is 430 g/mol. The Morgan fingerprint density at radius 2 is 1.62 bits per heavy atom. The largest absolute Gasteiger partial charge is 0.371 e. The number of carbonyl (C=O) groups excluding carboxylic acids is 1. The molecule has 8 heteroatoms. The molecule has 2 aliphatic heterocycles. The van der Waals surface area contributed by atoms with Crippen LogP contribution < -0.4 is 16.0 Å². The van der Waals surface area contributed by atoms with Gasteiger partial charge in [0.05, 0.1) is 31.0 Å². The molecule has 8 nitrogen and oxygen atoms in total. The number of hydrogen-bond donors (Lipinski definition) is 3. The van der Waals surface area contributed by atoms with Crippen molar-refractivity contribution in [3.63, 3.8) is 0 Å². The summed E-state index contributed by atoms with van der Waals surface area (Å²) in [6.07, 6.45) is 2.96. The van der Waals surface area contributed by atoms with Crippen LogP contribution in [0.2, 0.25) is 0 Å². The first-order valence-electron chi connectivity index (χ1n) is 11.3. The normalized spacial score (nSPS) is 23.2. The zero-order chi connectivity index (χ0) is 23.3. The molecule has 0 spiro atoms. The lowest BCUT2D eigenvalue weighted by Gasteiger charge is -2.18. The van der Waals surface area contributed by atoms with Gasteiger partial charge in [0.2, 0.25) is 5.95 Å². The molecule has 3 N–H and O–H groups in total. The highest BCUT2D eigenvalue weighted by molar-refractivity contribution is 5.74. The molecule has 0 unspecified atom stereocenters. The van der Waals surface area contributed by atoms with Gasteiger partial charge in [0.1, 0.15) is 12.2 Å². The Balaban J connectivity index is 1.23. The van der Waals surface area contributed by atoms with Crippen molar-refractivity contribution in [2.45, 2.75) is 24.3 Å². The lowest BCUT2D eigenvalue weighted by Crippen LogP contribution is -2.48. The van der Waals surface area contributed by atoms with Crippen LogP contribution in [0.15, 0.2) is 79.5 Å². The Hall–Kier alpha value is -3.75. The molecule has 0 radical (unpaired) electrons. The minimum Gasteiger partial charge on any atom is -0.371 e. The van der Waals surface area contributed by atoms with Gasteiger partial charge in [-0.3, -0.25) is 0 Å². The van der Waals surface area contributed by atoms with Crippen molar-refractivity contribution in [3.8, 4) is 22.4 Å². The first-order valence-corrected chi connectivity index (χ1v) is 11.3. The van der Waals surface area contributed by atoms with Gasteiger partial charge in [0.25, 0.3) is 0 Å². The van der Waals surface area contributed by atoms with Gasteiger partial charge in [-0.1, -0.05) is 60.7 Å². The van der Waals surface area contributed by atoms with Crippen molar-refractivity contribution < 1.29 is 14.3 Å². The van der Waals surface area contributed by atoms with Crippen LogP contribution in [0.1, 0.15) is 0 Å². The average Bonchev–Trinajstić information content (AvgIpc) is 3.47. The molecule has 2 amide bonds. The van der Waals surface area contributed by atoms with Gasteiger partial charge in [-0.25, -0.2) is 14.8 Å². The molecule has 2 fully saturated rings. The Morgan fingerprint density at radius 1 is 0.941 bits per heavy atom. The van der Waals surface area contributed by atoms with E-state index in [0.29, 0.717) is 25.7 Å². The third-order valence-corrected chi connectivity index (χ3v) is 6.03. The highest BCUT2D eigenvalue weighted by Gasteiger charge is 2.48. The summed E-state index contributed by atoms with van der Waals surface area (Å²) in [4.78, 5) is 21.1. The van der Waals surface area contributed by atoms with Crippen LogP contribution in [-0.2, 0) is 9.47 Å². The van der Waals surface area contributed by atoms with Gasteiger partial charge in [-0.05, 0) is 17.2 Å². The summed E-state index contributed by atoms with van der Waals surface area (Å²) in [6, 6.07) is 19.9. The molecule has 0 bridgehead atoms. The lowest BCUT2D eigenvalue weighted by atomic mass is 10.0. The van der Waals surface area contributed by atoms with Crippen LogP contribution in [0, 0.1) is 0 Å². The monoisotopic (exact) mass is 457 g/mol. The second-order valence-electron chi connectivity index (χ2n) is 8.31. The van der Waals surface area contributed by atoms with Crippen LogP contribution >= 0.6 is 0 Å². The first kappa shape index (κ1) is 22.1. The zero-order valence-electron chi connectivity index (χ0n) is 18.7. The minimum atomic E-state index is -0.261. The molecule has 3 heterocycles. The maximum Gasteiger partial charge on any atom is 0.315 e. The first-order chi connectivity index (χ1) is 16.7. The van der Waals surface area contributed by atoms with Crippen molar-refractivity contribution in [3.05, 3.63) is 79.5 Å². The third-order valence-electron chi connectivity index (χ3n) is 6.03. The molecule has 174 valence electrons. The van der Waals surface area contributed by atoms with Crippen molar-refractivity contribution in [1.82, 2.24) is 20.6 Å². The summed E-state index contributed by atoms with van der Waals surface area (Å²) in [5, 5.41) is 8.97. The third kappa shape index (κ3) is 4.78. The number of benzene rings is 2. The second-order valence-corrected chi connectivity index (χ2v) is 8.31. The number of hydrogen-bond acceptors (Lipinski definition) is 6. The number of nitrogens with zero attached hydrogens (tertiary/aromatic N) is 2. The fourth-order valence-electron chi connectivity index (χ4n) is 4.35. The number of fused-ring (bicyclic) bond motifs is 1. The molecule has 2 aromatic carbocycles. The molecule has 34 heavy (non-hydrogen) atoms. The van der Waals surface area contributed by atoms with Crippen LogP contribution in [0.25, 0.3) is 22.4 Å². The number of carbonyl (C=O) groups is 1. The summed E-state index contributed by atoms with van der Waals surface area (Å²) >= 11 is 0. The predicted molar refractivity (Wildman–Crippen MR) is 130 cm³/mol. The lowest BCUT2D eigenvalue weighted by molar-refractivity contribution is 0.0682. The number of aromatic nitrogens is 2. The summed E-state index contributed by atoms with van der Waals surface area (Å²) in [6.45, 7) is 4.84. The van der Waals surface area contributed by atoms with E-state index in [2.05, 4.69) is 63.9 Å². The van der Waals surface area contributed by atoms with E-state index in [4.69, 9.17) is 14.5 Å². The summed E-state index contributed by atoms with van der Waals surface area (Å²) in [7, 11) is 0. The number of rotatable bonds is 7. The summed E-state index contributed by atoms with van der Waals surface area (Å²) < 4.78 is 11.9. The predicted octanol–water partition coefficient (Wildman–Crippen LogP) is 3.24. The van der Waals surface area contributed by atoms with Gasteiger partial charge in [0, 0.05) is 18.3 Å². The Labute approximate surface area is 198 Å². The molecule has 5 rings (SSSR count). The highest BCUT2D eigenvalue weighted by Crippen LogP contribution is 2.29. The van der Waals surface area contributed by atoms with Gasteiger partial charge < -0.3 is 25.4 Å². The van der Waals surface area contributed by atoms with E-state index in [1.807, 2.05) is 24.3 Å². The van der Waals surface area contributed by atoms with E-state index in [1.165, 1.54) is 5.56 Å². The maximum absolute atomic E-state index is 12.0. The smallest absolute Gasteiger partial charge is 0.315 e. The van der Waals surface area contributed by atoms with E-state index in [0.717, 1.165) is 16.8 Å². The molecule has 2 saturated heterocycles.